The number of hydroxylamine groups is 1. The topological polar surface area (TPSA) is 108 Å². The molecule has 1 atom stereocenters. The molecule has 2 aromatic carbocycles. The number of benzene rings is 2. The highest BCUT2D eigenvalue weighted by atomic mass is 16.5. The highest BCUT2D eigenvalue weighted by Crippen LogP contribution is 2.15. The Labute approximate surface area is 145 Å². The van der Waals surface area contributed by atoms with E-state index >= 15 is 0 Å². The Balaban J connectivity index is 1.99. The van der Waals surface area contributed by atoms with Crippen LogP contribution >= 0.6 is 0 Å². The van der Waals surface area contributed by atoms with E-state index in [0.29, 0.717) is 16.8 Å². The van der Waals surface area contributed by atoms with E-state index in [4.69, 9.17) is 5.21 Å². The van der Waals surface area contributed by atoms with Gasteiger partial charge in [-0.3, -0.25) is 14.8 Å². The summed E-state index contributed by atoms with van der Waals surface area (Å²) in [4.78, 5) is 34.8. The third-order valence-electron chi connectivity index (χ3n) is 3.65. The van der Waals surface area contributed by atoms with Crippen molar-refractivity contribution in [2.45, 2.75) is 19.9 Å². The van der Waals surface area contributed by atoms with E-state index < -0.39 is 11.9 Å². The van der Waals surface area contributed by atoms with Crippen molar-refractivity contribution in [3.63, 3.8) is 0 Å². The molecule has 0 heterocycles. The van der Waals surface area contributed by atoms with Crippen molar-refractivity contribution in [3.05, 3.63) is 65.2 Å². The first-order chi connectivity index (χ1) is 11.9. The van der Waals surface area contributed by atoms with Crippen LogP contribution in [0.5, 0.6) is 0 Å². The molecule has 7 heteroatoms. The number of amides is 3. The minimum absolute atomic E-state index is 0.0792. The summed E-state index contributed by atoms with van der Waals surface area (Å²) in [7, 11) is 0. The van der Waals surface area contributed by atoms with Crippen molar-refractivity contribution in [2.24, 2.45) is 0 Å². The number of hydrogen-bond donors (Lipinski definition) is 4. The van der Waals surface area contributed by atoms with Crippen molar-refractivity contribution in [2.75, 3.05) is 5.32 Å². The van der Waals surface area contributed by atoms with E-state index in [1.807, 2.05) is 0 Å². The SMILES string of the molecule is CC(=O)c1cccc(NC(=O)NC(C)c2ccc(C(=O)NO)cc2)c1. The van der Waals surface area contributed by atoms with Crippen LogP contribution in [0.3, 0.4) is 0 Å². The van der Waals surface area contributed by atoms with E-state index in [1.165, 1.54) is 6.92 Å². The zero-order chi connectivity index (χ0) is 18.4. The standard InChI is InChI=1S/C18H19N3O4/c1-11(13-6-8-14(9-7-13)17(23)21-25)19-18(24)20-16-5-3-4-15(10-16)12(2)22/h3-11,25H,1-2H3,(H,21,23)(H2,19,20,24). The van der Waals surface area contributed by atoms with Crippen LogP contribution in [0.1, 0.15) is 46.2 Å². The van der Waals surface area contributed by atoms with Crippen molar-refractivity contribution < 1.29 is 19.6 Å². The number of carbonyl (C=O) groups is 3. The quantitative estimate of drug-likeness (QED) is 0.381. The van der Waals surface area contributed by atoms with Gasteiger partial charge in [0.2, 0.25) is 0 Å². The predicted octanol–water partition coefficient (Wildman–Crippen LogP) is 2.89. The zero-order valence-electron chi connectivity index (χ0n) is 13.9. The molecule has 0 bridgehead atoms. The lowest BCUT2D eigenvalue weighted by Gasteiger charge is -2.15. The number of ketones is 1. The van der Waals surface area contributed by atoms with Gasteiger partial charge in [-0.05, 0) is 43.7 Å². The molecule has 0 fully saturated rings. The van der Waals surface area contributed by atoms with E-state index in [2.05, 4.69) is 10.6 Å². The molecule has 0 aliphatic heterocycles. The first-order valence-corrected chi connectivity index (χ1v) is 7.63. The lowest BCUT2D eigenvalue weighted by atomic mass is 10.1. The monoisotopic (exact) mass is 341 g/mol. The third-order valence-corrected chi connectivity index (χ3v) is 3.65. The van der Waals surface area contributed by atoms with Gasteiger partial charge in [-0.1, -0.05) is 24.3 Å². The summed E-state index contributed by atoms with van der Waals surface area (Å²) in [6.07, 6.45) is 0. The van der Waals surface area contributed by atoms with Crippen molar-refractivity contribution in [1.29, 1.82) is 0 Å². The van der Waals surface area contributed by atoms with Crippen molar-refractivity contribution in [3.8, 4) is 0 Å². The van der Waals surface area contributed by atoms with Crippen LogP contribution < -0.4 is 16.1 Å². The van der Waals surface area contributed by atoms with E-state index in [0.717, 1.165) is 5.56 Å². The molecule has 0 saturated carbocycles. The van der Waals surface area contributed by atoms with Gasteiger partial charge in [0.15, 0.2) is 5.78 Å². The number of nitrogens with one attached hydrogen (secondary N) is 3. The second-order valence-corrected chi connectivity index (χ2v) is 5.52. The number of urea groups is 1. The summed E-state index contributed by atoms with van der Waals surface area (Å²) in [6.45, 7) is 3.26. The molecular weight excluding hydrogens is 322 g/mol. The van der Waals surface area contributed by atoms with Crippen molar-refractivity contribution in [1.82, 2.24) is 10.8 Å². The molecule has 2 rings (SSSR count). The highest BCUT2D eigenvalue weighted by Gasteiger charge is 2.11. The first kappa shape index (κ1) is 18.2. The van der Waals surface area contributed by atoms with Gasteiger partial charge in [0.1, 0.15) is 0 Å². The summed E-state index contributed by atoms with van der Waals surface area (Å²) in [5.74, 6) is -0.681. The number of Topliss-reactive ketones (excluding diaryl/α,β-unsaturated/α-hetero) is 1. The Hall–Kier alpha value is -3.19. The molecule has 1 unspecified atom stereocenters. The Morgan fingerprint density at radius 1 is 1.00 bits per heavy atom. The first-order valence-electron chi connectivity index (χ1n) is 7.63. The average molecular weight is 341 g/mol. The predicted molar refractivity (Wildman–Crippen MR) is 92.7 cm³/mol. The molecule has 130 valence electrons. The average Bonchev–Trinajstić information content (AvgIpc) is 2.61. The molecule has 2 aromatic rings. The maximum absolute atomic E-state index is 12.1. The molecule has 0 spiro atoms. The van der Waals surface area contributed by atoms with Gasteiger partial charge >= 0.3 is 6.03 Å². The summed E-state index contributed by atoms with van der Waals surface area (Å²) in [5, 5.41) is 14.0. The Morgan fingerprint density at radius 2 is 1.68 bits per heavy atom. The van der Waals surface area contributed by atoms with Crippen LogP contribution in [0, 0.1) is 0 Å². The normalized spacial score (nSPS) is 11.3. The van der Waals surface area contributed by atoms with Gasteiger partial charge in [-0.2, -0.15) is 0 Å². The van der Waals surface area contributed by atoms with Gasteiger partial charge in [-0.25, -0.2) is 10.3 Å². The second kappa shape index (κ2) is 8.07. The smallest absolute Gasteiger partial charge is 0.319 e. The van der Waals surface area contributed by atoms with Crippen LogP contribution in [-0.4, -0.2) is 22.9 Å². The molecule has 7 nitrogen and oxygen atoms in total. The number of rotatable bonds is 5. The maximum atomic E-state index is 12.1. The Kier molecular flexibility index (Phi) is 5.86. The van der Waals surface area contributed by atoms with Gasteiger partial charge in [0, 0.05) is 16.8 Å². The van der Waals surface area contributed by atoms with Crippen LogP contribution in [0.4, 0.5) is 10.5 Å². The lowest BCUT2D eigenvalue weighted by Crippen LogP contribution is -2.31. The summed E-state index contributed by atoms with van der Waals surface area (Å²) in [6, 6.07) is 12.4. The van der Waals surface area contributed by atoms with Gasteiger partial charge in [-0.15, -0.1) is 0 Å². The van der Waals surface area contributed by atoms with Crippen LogP contribution in [0.25, 0.3) is 0 Å². The fourth-order valence-electron chi connectivity index (χ4n) is 2.25. The molecule has 25 heavy (non-hydrogen) atoms. The van der Waals surface area contributed by atoms with Crippen LogP contribution in [0.2, 0.25) is 0 Å². The fraction of sp³-hybridized carbons (Fsp3) is 0.167. The Bertz CT molecular complexity index is 787. The number of anilines is 1. The minimum atomic E-state index is -0.602. The van der Waals surface area contributed by atoms with Crippen LogP contribution in [-0.2, 0) is 0 Å². The third kappa shape index (κ3) is 4.89. The van der Waals surface area contributed by atoms with E-state index in [-0.39, 0.29) is 11.8 Å². The van der Waals surface area contributed by atoms with Gasteiger partial charge < -0.3 is 10.6 Å². The van der Waals surface area contributed by atoms with E-state index in [1.54, 1.807) is 60.9 Å². The van der Waals surface area contributed by atoms with E-state index in [9.17, 15) is 14.4 Å². The molecule has 0 radical (unpaired) electrons. The molecule has 3 amide bonds. The number of carbonyl (C=O) groups excluding carboxylic acids is 3. The highest BCUT2D eigenvalue weighted by molar-refractivity contribution is 5.96. The summed E-state index contributed by atoms with van der Waals surface area (Å²) >= 11 is 0. The lowest BCUT2D eigenvalue weighted by molar-refractivity contribution is 0.0706. The molecule has 0 saturated heterocycles. The molecule has 4 N–H and O–H groups in total. The van der Waals surface area contributed by atoms with Gasteiger partial charge in [0.05, 0.1) is 6.04 Å². The van der Waals surface area contributed by atoms with Crippen molar-refractivity contribution >= 4 is 23.4 Å². The zero-order valence-corrected chi connectivity index (χ0v) is 13.9. The summed E-state index contributed by atoms with van der Waals surface area (Å²) in [5.41, 5.74) is 3.70. The number of hydrogen-bond acceptors (Lipinski definition) is 4. The molecule has 0 aromatic heterocycles. The Morgan fingerprint density at radius 3 is 2.28 bits per heavy atom. The summed E-state index contributed by atoms with van der Waals surface area (Å²) < 4.78 is 0. The van der Waals surface area contributed by atoms with Gasteiger partial charge in [0.25, 0.3) is 5.91 Å². The minimum Gasteiger partial charge on any atom is -0.331 e. The van der Waals surface area contributed by atoms with Crippen LogP contribution in [0.15, 0.2) is 48.5 Å². The molecule has 0 aliphatic carbocycles. The fourth-order valence-corrected chi connectivity index (χ4v) is 2.25. The molecule has 0 aliphatic rings. The maximum Gasteiger partial charge on any atom is 0.319 e. The second-order valence-electron chi connectivity index (χ2n) is 5.52. The largest absolute Gasteiger partial charge is 0.331 e. The molecular formula is C18H19N3O4.